The summed E-state index contributed by atoms with van der Waals surface area (Å²) in [5.74, 6) is -0.473. The molecule has 2 amide bonds. The molecule has 1 aromatic rings. The van der Waals surface area contributed by atoms with E-state index in [1.165, 1.54) is 11.3 Å². The number of carbonyl (C=O) groups is 2. The number of rotatable bonds is 8. The molecule has 6 heteroatoms. The highest BCUT2D eigenvalue weighted by Gasteiger charge is 2.25. The highest BCUT2D eigenvalue weighted by atomic mass is 32.1. The average molecular weight is 312 g/mol. The number of aliphatic hydroxyl groups excluding tert-OH is 1. The van der Waals surface area contributed by atoms with E-state index < -0.39 is 0 Å². The minimum Gasteiger partial charge on any atom is -0.396 e. The van der Waals surface area contributed by atoms with E-state index in [1.807, 2.05) is 26.8 Å². The molecule has 0 spiro atoms. The van der Waals surface area contributed by atoms with Gasteiger partial charge in [-0.1, -0.05) is 13.8 Å². The van der Waals surface area contributed by atoms with Gasteiger partial charge in [-0.3, -0.25) is 9.59 Å². The van der Waals surface area contributed by atoms with Crippen molar-refractivity contribution in [2.45, 2.75) is 33.6 Å². The van der Waals surface area contributed by atoms with Crippen LogP contribution in [0, 0.1) is 12.3 Å². The summed E-state index contributed by atoms with van der Waals surface area (Å²) in [5, 5.41) is 14.8. The Kier molecular flexibility index (Phi) is 6.84. The fraction of sp³-hybridized carbons (Fsp3) is 0.600. The predicted molar refractivity (Wildman–Crippen MR) is 84.5 cm³/mol. The maximum atomic E-state index is 11.8. The molecule has 0 saturated heterocycles. The summed E-state index contributed by atoms with van der Waals surface area (Å²) in [6.45, 7) is 6.33. The van der Waals surface area contributed by atoms with Crippen molar-refractivity contribution >= 4 is 23.2 Å². The number of carbonyl (C=O) groups excluding carboxylic acids is 2. The van der Waals surface area contributed by atoms with Crippen LogP contribution in [-0.4, -0.2) is 36.6 Å². The lowest BCUT2D eigenvalue weighted by Gasteiger charge is -2.29. The van der Waals surface area contributed by atoms with Crippen LogP contribution in [-0.2, 0) is 4.79 Å². The van der Waals surface area contributed by atoms with E-state index in [0.717, 1.165) is 17.7 Å². The first-order valence-corrected chi connectivity index (χ1v) is 8.00. The second-order valence-corrected chi connectivity index (χ2v) is 6.52. The van der Waals surface area contributed by atoms with Crippen molar-refractivity contribution in [1.29, 1.82) is 0 Å². The second kappa shape index (κ2) is 8.14. The molecule has 0 aliphatic carbocycles. The molecule has 0 saturated carbocycles. The third-order valence-corrected chi connectivity index (χ3v) is 4.87. The van der Waals surface area contributed by atoms with Crippen LogP contribution < -0.4 is 10.6 Å². The normalized spacial score (nSPS) is 11.2. The fourth-order valence-corrected chi connectivity index (χ4v) is 2.72. The maximum absolute atomic E-state index is 11.8. The lowest BCUT2D eigenvalue weighted by atomic mass is 9.83. The van der Waals surface area contributed by atoms with Crippen molar-refractivity contribution in [3.63, 3.8) is 0 Å². The summed E-state index contributed by atoms with van der Waals surface area (Å²) in [6, 6.07) is 3.62. The molecule has 0 aliphatic rings. The predicted octanol–water partition coefficient (Wildman–Crippen LogP) is 1.70. The summed E-state index contributed by atoms with van der Waals surface area (Å²) >= 11 is 1.40. The van der Waals surface area contributed by atoms with Gasteiger partial charge in [0.15, 0.2) is 0 Å². The molecule has 0 aromatic carbocycles. The van der Waals surface area contributed by atoms with Gasteiger partial charge in [0, 0.05) is 16.8 Å². The van der Waals surface area contributed by atoms with Crippen molar-refractivity contribution in [3.8, 4) is 0 Å². The minimum absolute atomic E-state index is 0.0428. The van der Waals surface area contributed by atoms with Crippen molar-refractivity contribution < 1.29 is 14.7 Å². The lowest BCUT2D eigenvalue weighted by molar-refractivity contribution is -0.120. The first-order valence-electron chi connectivity index (χ1n) is 7.18. The van der Waals surface area contributed by atoms with E-state index in [0.29, 0.717) is 11.4 Å². The molecule has 1 rings (SSSR count). The Morgan fingerprint density at radius 2 is 1.90 bits per heavy atom. The summed E-state index contributed by atoms with van der Waals surface area (Å²) in [6.07, 6.45) is 1.59. The Bertz CT molecular complexity index is 473. The van der Waals surface area contributed by atoms with Gasteiger partial charge in [-0.2, -0.15) is 0 Å². The van der Waals surface area contributed by atoms with Gasteiger partial charge in [-0.25, -0.2) is 0 Å². The molecule has 1 aromatic heterocycles. The Morgan fingerprint density at radius 1 is 1.24 bits per heavy atom. The van der Waals surface area contributed by atoms with E-state index in [4.69, 9.17) is 0 Å². The van der Waals surface area contributed by atoms with Gasteiger partial charge < -0.3 is 15.7 Å². The zero-order valence-electron chi connectivity index (χ0n) is 12.9. The highest BCUT2D eigenvalue weighted by molar-refractivity contribution is 7.13. The number of aryl methyl sites for hydroxylation is 1. The van der Waals surface area contributed by atoms with Gasteiger partial charge in [-0.15, -0.1) is 11.3 Å². The summed E-state index contributed by atoms with van der Waals surface area (Å²) < 4.78 is 0. The number of aliphatic hydroxyl groups is 1. The van der Waals surface area contributed by atoms with Crippen LogP contribution in [0.4, 0.5) is 0 Å². The Labute approximate surface area is 129 Å². The average Bonchev–Trinajstić information content (AvgIpc) is 2.93. The Morgan fingerprint density at radius 3 is 2.38 bits per heavy atom. The van der Waals surface area contributed by atoms with Gasteiger partial charge in [-0.05, 0) is 31.9 Å². The lowest BCUT2D eigenvalue weighted by Crippen LogP contribution is -2.43. The van der Waals surface area contributed by atoms with Crippen LogP contribution in [0.2, 0.25) is 0 Å². The minimum atomic E-state index is -0.273. The smallest absolute Gasteiger partial charge is 0.261 e. The van der Waals surface area contributed by atoms with E-state index >= 15 is 0 Å². The van der Waals surface area contributed by atoms with Gasteiger partial charge in [0.2, 0.25) is 5.91 Å². The Balaban J connectivity index is 2.39. The van der Waals surface area contributed by atoms with Crippen LogP contribution in [0.25, 0.3) is 0 Å². The summed E-state index contributed by atoms with van der Waals surface area (Å²) in [4.78, 5) is 25.2. The van der Waals surface area contributed by atoms with Gasteiger partial charge in [0.25, 0.3) is 5.91 Å². The topological polar surface area (TPSA) is 78.4 Å². The molecule has 1 heterocycles. The molecule has 118 valence electrons. The van der Waals surface area contributed by atoms with Gasteiger partial charge in [0.1, 0.15) is 0 Å². The molecule has 0 aliphatic heterocycles. The van der Waals surface area contributed by atoms with Crippen molar-refractivity contribution in [2.24, 2.45) is 5.41 Å². The van der Waals surface area contributed by atoms with Crippen LogP contribution in [0.3, 0.4) is 0 Å². The number of hydrogen-bond acceptors (Lipinski definition) is 4. The summed E-state index contributed by atoms with van der Waals surface area (Å²) in [7, 11) is 0. The van der Waals surface area contributed by atoms with Crippen LogP contribution in [0.5, 0.6) is 0 Å². The molecular formula is C15H24N2O3S. The number of nitrogens with one attached hydrogen (secondary N) is 2. The van der Waals surface area contributed by atoms with Crippen molar-refractivity contribution in [1.82, 2.24) is 10.6 Å². The molecule has 0 bridgehead atoms. The van der Waals surface area contributed by atoms with E-state index in [2.05, 4.69) is 10.6 Å². The van der Waals surface area contributed by atoms with Gasteiger partial charge >= 0.3 is 0 Å². The van der Waals surface area contributed by atoms with Crippen molar-refractivity contribution in [2.75, 3.05) is 19.7 Å². The fourth-order valence-electron chi connectivity index (χ4n) is 1.93. The van der Waals surface area contributed by atoms with Gasteiger partial charge in [0.05, 0.1) is 18.0 Å². The molecule has 21 heavy (non-hydrogen) atoms. The third kappa shape index (κ3) is 5.13. The monoisotopic (exact) mass is 312 g/mol. The molecule has 0 radical (unpaired) electrons. The first-order chi connectivity index (χ1) is 9.96. The molecular weight excluding hydrogens is 288 g/mol. The standard InChI is InChI=1S/C15H24N2O3S/c1-4-15(5-2,10-18)9-17-13(19)8-16-14(20)12-7-6-11(3)21-12/h6-7,18H,4-5,8-10H2,1-3H3,(H,16,20)(H,17,19). The van der Waals surface area contributed by atoms with E-state index in [-0.39, 0.29) is 30.4 Å². The van der Waals surface area contributed by atoms with Crippen LogP contribution in [0.1, 0.15) is 41.2 Å². The number of amides is 2. The quantitative estimate of drug-likeness (QED) is 0.683. The molecule has 5 nitrogen and oxygen atoms in total. The highest BCUT2D eigenvalue weighted by Crippen LogP contribution is 2.24. The molecule has 0 unspecified atom stereocenters. The third-order valence-electron chi connectivity index (χ3n) is 3.87. The molecule has 0 atom stereocenters. The second-order valence-electron chi connectivity index (χ2n) is 5.23. The van der Waals surface area contributed by atoms with Crippen LogP contribution in [0.15, 0.2) is 12.1 Å². The number of thiophene rings is 1. The maximum Gasteiger partial charge on any atom is 0.261 e. The molecule has 0 fully saturated rings. The largest absolute Gasteiger partial charge is 0.396 e. The summed E-state index contributed by atoms with van der Waals surface area (Å²) in [5.41, 5.74) is -0.273. The molecule has 3 N–H and O–H groups in total. The number of hydrogen-bond donors (Lipinski definition) is 3. The Hall–Kier alpha value is -1.40. The van der Waals surface area contributed by atoms with E-state index in [1.54, 1.807) is 6.07 Å². The zero-order chi connectivity index (χ0) is 15.9. The van der Waals surface area contributed by atoms with Crippen LogP contribution >= 0.6 is 11.3 Å². The first kappa shape index (κ1) is 17.7. The van der Waals surface area contributed by atoms with Crippen molar-refractivity contribution in [3.05, 3.63) is 21.9 Å². The zero-order valence-corrected chi connectivity index (χ0v) is 13.7. The van der Waals surface area contributed by atoms with E-state index in [9.17, 15) is 14.7 Å². The SMILES string of the molecule is CCC(CC)(CO)CNC(=O)CNC(=O)c1ccc(C)s1.